The van der Waals surface area contributed by atoms with E-state index in [-0.39, 0.29) is 24.1 Å². The Kier molecular flexibility index (Phi) is 8.77. The number of alkyl carbamates (subject to hydrolysis) is 1. The molecule has 2 aromatic rings. The maximum atomic E-state index is 13.0. The molecule has 2 aromatic carbocycles. The molecule has 8 heteroatoms. The standard InChI is InChI=1S/C22H26I2N2O4/c1-13(15-8-6-5-7-9-15)25-20(28)18(26-21(29)30-22(2,3)4)12-14-10-16(23)19(27)17(24)11-14/h5-11,13,18,27H,12H2,1-4H3,(H,25,28)(H,26,29)/t13-,18+/m0/s1. The van der Waals surface area contributed by atoms with Gasteiger partial charge in [0, 0.05) is 6.42 Å². The maximum Gasteiger partial charge on any atom is 0.408 e. The van der Waals surface area contributed by atoms with E-state index in [1.54, 1.807) is 32.9 Å². The first-order chi connectivity index (χ1) is 14.0. The minimum Gasteiger partial charge on any atom is -0.506 e. The van der Waals surface area contributed by atoms with Gasteiger partial charge in [-0.15, -0.1) is 0 Å². The van der Waals surface area contributed by atoms with Crippen LogP contribution >= 0.6 is 45.2 Å². The Hall–Kier alpha value is -1.56. The van der Waals surface area contributed by atoms with Crippen molar-refractivity contribution in [2.45, 2.75) is 51.8 Å². The Bertz CT molecular complexity index is 875. The molecule has 0 aliphatic rings. The summed E-state index contributed by atoms with van der Waals surface area (Å²) < 4.78 is 6.71. The van der Waals surface area contributed by atoms with Gasteiger partial charge in [-0.05, 0) is 96.1 Å². The predicted molar refractivity (Wildman–Crippen MR) is 133 cm³/mol. The number of benzene rings is 2. The van der Waals surface area contributed by atoms with Crippen LogP contribution in [0.2, 0.25) is 0 Å². The number of amides is 2. The van der Waals surface area contributed by atoms with Crippen molar-refractivity contribution in [1.82, 2.24) is 10.6 Å². The molecule has 2 rings (SSSR count). The van der Waals surface area contributed by atoms with Gasteiger partial charge in [0.15, 0.2) is 0 Å². The van der Waals surface area contributed by atoms with Crippen LogP contribution in [-0.2, 0) is 16.0 Å². The van der Waals surface area contributed by atoms with Crippen LogP contribution < -0.4 is 10.6 Å². The molecule has 0 aliphatic heterocycles. The molecular formula is C22H26I2N2O4. The molecule has 0 heterocycles. The third-order valence-corrected chi connectivity index (χ3v) is 5.83. The summed E-state index contributed by atoms with van der Waals surface area (Å²) in [6.07, 6.45) is -0.392. The zero-order valence-corrected chi connectivity index (χ0v) is 21.6. The van der Waals surface area contributed by atoms with Gasteiger partial charge in [-0.25, -0.2) is 4.79 Å². The van der Waals surface area contributed by atoms with Crippen LogP contribution in [0.5, 0.6) is 5.75 Å². The number of aromatic hydroxyl groups is 1. The van der Waals surface area contributed by atoms with Crippen molar-refractivity contribution >= 4 is 57.2 Å². The molecule has 30 heavy (non-hydrogen) atoms. The summed E-state index contributed by atoms with van der Waals surface area (Å²) in [4.78, 5) is 25.4. The van der Waals surface area contributed by atoms with Gasteiger partial charge < -0.3 is 20.5 Å². The molecule has 0 fully saturated rings. The molecule has 0 unspecified atom stereocenters. The number of hydrogen-bond donors (Lipinski definition) is 3. The molecule has 162 valence electrons. The quantitative estimate of drug-likeness (QED) is 0.394. The van der Waals surface area contributed by atoms with E-state index in [9.17, 15) is 14.7 Å². The number of hydrogen-bond acceptors (Lipinski definition) is 4. The first-order valence-corrected chi connectivity index (χ1v) is 11.6. The highest BCUT2D eigenvalue weighted by Gasteiger charge is 2.26. The van der Waals surface area contributed by atoms with Crippen LogP contribution in [0.4, 0.5) is 4.79 Å². The second-order valence-electron chi connectivity index (χ2n) is 7.95. The molecule has 2 amide bonds. The molecule has 0 radical (unpaired) electrons. The van der Waals surface area contributed by atoms with Gasteiger partial charge in [0.1, 0.15) is 17.4 Å². The fourth-order valence-corrected chi connectivity index (χ4v) is 4.67. The molecule has 6 nitrogen and oxygen atoms in total. The first-order valence-electron chi connectivity index (χ1n) is 9.48. The highest BCUT2D eigenvalue weighted by molar-refractivity contribution is 14.1. The van der Waals surface area contributed by atoms with E-state index in [0.29, 0.717) is 7.14 Å². The Morgan fingerprint density at radius 1 is 1.07 bits per heavy atom. The van der Waals surface area contributed by atoms with Gasteiger partial charge in [0.05, 0.1) is 13.2 Å². The number of carbonyl (C=O) groups excluding carboxylic acids is 2. The summed E-state index contributed by atoms with van der Waals surface area (Å²) in [5.41, 5.74) is 1.12. The van der Waals surface area contributed by atoms with Gasteiger partial charge in [0.25, 0.3) is 0 Å². The number of carbonyl (C=O) groups is 2. The summed E-state index contributed by atoms with van der Waals surface area (Å²) in [5.74, 6) is -0.103. The molecule has 0 aliphatic carbocycles. The monoisotopic (exact) mass is 636 g/mol. The van der Waals surface area contributed by atoms with E-state index in [1.165, 1.54) is 0 Å². The number of nitrogens with one attached hydrogen (secondary N) is 2. The average Bonchev–Trinajstić information content (AvgIpc) is 2.64. The maximum absolute atomic E-state index is 13.0. The van der Waals surface area contributed by atoms with E-state index in [2.05, 4.69) is 10.6 Å². The van der Waals surface area contributed by atoms with Crippen molar-refractivity contribution in [3.05, 3.63) is 60.7 Å². The molecular weight excluding hydrogens is 610 g/mol. The number of phenols is 1. The number of phenolic OH excluding ortho intramolecular Hbond substituents is 1. The summed E-state index contributed by atoms with van der Waals surface area (Å²) in [7, 11) is 0. The average molecular weight is 636 g/mol. The summed E-state index contributed by atoms with van der Waals surface area (Å²) >= 11 is 4.09. The SMILES string of the molecule is C[C@H](NC(=O)[C@@H](Cc1cc(I)c(O)c(I)c1)NC(=O)OC(C)(C)C)c1ccccc1. The number of rotatable bonds is 6. The summed E-state index contributed by atoms with van der Waals surface area (Å²) in [5, 5.41) is 15.7. The number of halogens is 2. The molecule has 3 N–H and O–H groups in total. The van der Waals surface area contributed by atoms with Crippen molar-refractivity contribution in [2.24, 2.45) is 0 Å². The molecule has 0 saturated heterocycles. The Labute approximate surface area is 204 Å². The van der Waals surface area contributed by atoms with Crippen molar-refractivity contribution < 1.29 is 19.4 Å². The zero-order chi connectivity index (χ0) is 22.5. The van der Waals surface area contributed by atoms with E-state index < -0.39 is 17.7 Å². The third-order valence-electron chi connectivity index (χ3n) is 4.18. The summed E-state index contributed by atoms with van der Waals surface area (Å²) in [6, 6.07) is 12.2. The second-order valence-corrected chi connectivity index (χ2v) is 10.3. The third kappa shape index (κ3) is 7.60. The molecule has 0 saturated carbocycles. The topological polar surface area (TPSA) is 87.7 Å². The van der Waals surface area contributed by atoms with E-state index in [0.717, 1.165) is 11.1 Å². The molecule has 0 spiro atoms. The Morgan fingerprint density at radius 2 is 1.63 bits per heavy atom. The van der Waals surface area contributed by atoms with Crippen LogP contribution in [0.1, 0.15) is 44.9 Å². The number of ether oxygens (including phenoxy) is 1. The van der Waals surface area contributed by atoms with Crippen LogP contribution in [-0.4, -0.2) is 28.7 Å². The predicted octanol–water partition coefficient (Wildman–Crippen LogP) is 4.91. The van der Waals surface area contributed by atoms with E-state index in [4.69, 9.17) is 4.74 Å². The fourth-order valence-electron chi connectivity index (χ4n) is 2.77. The van der Waals surface area contributed by atoms with Crippen molar-refractivity contribution in [3.63, 3.8) is 0 Å². The summed E-state index contributed by atoms with van der Waals surface area (Å²) in [6.45, 7) is 7.20. The highest BCUT2D eigenvalue weighted by atomic mass is 127. The largest absolute Gasteiger partial charge is 0.506 e. The highest BCUT2D eigenvalue weighted by Crippen LogP contribution is 2.28. The Morgan fingerprint density at radius 3 is 2.17 bits per heavy atom. The van der Waals surface area contributed by atoms with Crippen LogP contribution in [0.15, 0.2) is 42.5 Å². The van der Waals surface area contributed by atoms with Crippen LogP contribution in [0.25, 0.3) is 0 Å². The Balaban J connectivity index is 2.21. The van der Waals surface area contributed by atoms with E-state index in [1.807, 2.05) is 82.4 Å². The lowest BCUT2D eigenvalue weighted by molar-refractivity contribution is -0.123. The smallest absolute Gasteiger partial charge is 0.408 e. The lowest BCUT2D eigenvalue weighted by Gasteiger charge is -2.25. The lowest BCUT2D eigenvalue weighted by atomic mass is 10.0. The molecule has 2 atom stereocenters. The van der Waals surface area contributed by atoms with Gasteiger partial charge in [-0.1, -0.05) is 30.3 Å². The minimum atomic E-state index is -0.831. The van der Waals surface area contributed by atoms with Gasteiger partial charge in [0.2, 0.25) is 5.91 Å². The van der Waals surface area contributed by atoms with Gasteiger partial charge >= 0.3 is 6.09 Å². The fraction of sp³-hybridized carbons (Fsp3) is 0.364. The minimum absolute atomic E-state index is 0.207. The van der Waals surface area contributed by atoms with Crippen molar-refractivity contribution in [3.8, 4) is 5.75 Å². The normalized spacial score (nSPS) is 13.3. The molecule has 0 bridgehead atoms. The van der Waals surface area contributed by atoms with Crippen LogP contribution in [0, 0.1) is 7.14 Å². The van der Waals surface area contributed by atoms with Gasteiger partial charge in [-0.2, -0.15) is 0 Å². The molecule has 0 aromatic heterocycles. The lowest BCUT2D eigenvalue weighted by Crippen LogP contribution is -2.49. The van der Waals surface area contributed by atoms with Crippen molar-refractivity contribution in [2.75, 3.05) is 0 Å². The second kappa shape index (κ2) is 10.7. The van der Waals surface area contributed by atoms with E-state index >= 15 is 0 Å². The van der Waals surface area contributed by atoms with Gasteiger partial charge in [-0.3, -0.25) is 4.79 Å². The first kappa shape index (κ1) is 24.7. The zero-order valence-electron chi connectivity index (χ0n) is 17.3. The van der Waals surface area contributed by atoms with Crippen LogP contribution in [0.3, 0.4) is 0 Å². The van der Waals surface area contributed by atoms with Crippen molar-refractivity contribution in [1.29, 1.82) is 0 Å².